The number of benzene rings is 1. The molecular formula is C12H12Cl2N2O2S2. The molecule has 0 unspecified atom stereocenters. The molecule has 1 aromatic carbocycles. The van der Waals surface area contributed by atoms with Crippen LogP contribution >= 0.6 is 34.5 Å². The number of hydrogen-bond donors (Lipinski definition) is 1. The second-order valence-corrected chi connectivity index (χ2v) is 8.10. The van der Waals surface area contributed by atoms with E-state index in [2.05, 4.69) is 9.71 Å². The quantitative estimate of drug-likeness (QED) is 0.899. The molecule has 0 aliphatic rings. The summed E-state index contributed by atoms with van der Waals surface area (Å²) in [5, 5.41) is 0.635. The molecule has 0 atom stereocenters. The highest BCUT2D eigenvalue weighted by Crippen LogP contribution is 2.26. The standard InChI is InChI=1S/C12H12Cl2N2O2S2/c1-8-11(19-12(14)16-8)20(17,18)15-6-5-9-3-2-4-10(13)7-9/h2-4,7,15H,5-6H2,1H3. The van der Waals surface area contributed by atoms with Gasteiger partial charge in [0, 0.05) is 11.6 Å². The smallest absolute Gasteiger partial charge is 0.229 e. The first-order valence-corrected chi connectivity index (χ1v) is 8.81. The molecule has 0 amide bonds. The van der Waals surface area contributed by atoms with Gasteiger partial charge < -0.3 is 0 Å². The number of thiazole rings is 1. The van der Waals surface area contributed by atoms with E-state index >= 15 is 0 Å². The maximum Gasteiger partial charge on any atom is 0.251 e. The van der Waals surface area contributed by atoms with Gasteiger partial charge in [0.25, 0.3) is 10.0 Å². The Bertz CT molecular complexity index is 714. The van der Waals surface area contributed by atoms with E-state index in [4.69, 9.17) is 23.2 Å². The van der Waals surface area contributed by atoms with Crippen molar-refractivity contribution >= 4 is 44.6 Å². The van der Waals surface area contributed by atoms with Crippen molar-refractivity contribution in [2.75, 3.05) is 6.54 Å². The van der Waals surface area contributed by atoms with Crippen LogP contribution < -0.4 is 4.72 Å². The minimum Gasteiger partial charge on any atom is -0.229 e. The SMILES string of the molecule is Cc1nc(Cl)sc1S(=O)(=O)NCCc1cccc(Cl)c1. The average molecular weight is 351 g/mol. The number of aromatic nitrogens is 1. The Kier molecular flexibility index (Phi) is 5.04. The lowest BCUT2D eigenvalue weighted by Gasteiger charge is -2.05. The Morgan fingerprint density at radius 1 is 1.35 bits per heavy atom. The molecule has 1 N–H and O–H groups in total. The van der Waals surface area contributed by atoms with E-state index in [0.717, 1.165) is 16.9 Å². The van der Waals surface area contributed by atoms with Gasteiger partial charge in [0.1, 0.15) is 0 Å². The topological polar surface area (TPSA) is 59.1 Å². The van der Waals surface area contributed by atoms with E-state index in [9.17, 15) is 8.42 Å². The Morgan fingerprint density at radius 2 is 2.10 bits per heavy atom. The third kappa shape index (κ3) is 3.93. The van der Waals surface area contributed by atoms with Gasteiger partial charge in [-0.2, -0.15) is 0 Å². The van der Waals surface area contributed by atoms with Gasteiger partial charge in [-0.1, -0.05) is 46.7 Å². The predicted octanol–water partition coefficient (Wildman–Crippen LogP) is 3.28. The molecule has 0 saturated heterocycles. The minimum atomic E-state index is -3.56. The molecule has 2 aromatic rings. The van der Waals surface area contributed by atoms with Crippen LogP contribution in [0.2, 0.25) is 9.49 Å². The van der Waals surface area contributed by atoms with Crippen LogP contribution in [-0.4, -0.2) is 19.9 Å². The second-order valence-electron chi connectivity index (χ2n) is 4.12. The summed E-state index contributed by atoms with van der Waals surface area (Å²) in [5.74, 6) is 0. The molecule has 20 heavy (non-hydrogen) atoms. The molecule has 2 rings (SSSR count). The molecule has 108 valence electrons. The van der Waals surface area contributed by atoms with Gasteiger partial charge >= 0.3 is 0 Å². The van der Waals surface area contributed by atoms with Gasteiger partial charge in [-0.25, -0.2) is 18.1 Å². The first-order chi connectivity index (χ1) is 9.38. The van der Waals surface area contributed by atoms with Crippen molar-refractivity contribution in [1.29, 1.82) is 0 Å². The minimum absolute atomic E-state index is 0.161. The average Bonchev–Trinajstić information content (AvgIpc) is 2.69. The fourth-order valence-corrected chi connectivity index (χ4v) is 4.71. The van der Waals surface area contributed by atoms with Gasteiger partial charge in [-0.05, 0) is 31.0 Å². The molecule has 0 spiro atoms. The van der Waals surface area contributed by atoms with Crippen molar-refractivity contribution in [1.82, 2.24) is 9.71 Å². The summed E-state index contributed by atoms with van der Waals surface area (Å²) in [5.41, 5.74) is 1.38. The summed E-state index contributed by atoms with van der Waals surface area (Å²) in [6, 6.07) is 7.32. The molecule has 0 aliphatic carbocycles. The lowest BCUT2D eigenvalue weighted by molar-refractivity contribution is 0.583. The van der Waals surface area contributed by atoms with E-state index in [1.165, 1.54) is 0 Å². The van der Waals surface area contributed by atoms with Gasteiger partial charge in [-0.3, -0.25) is 0 Å². The van der Waals surface area contributed by atoms with E-state index in [1.54, 1.807) is 13.0 Å². The normalized spacial score (nSPS) is 11.8. The molecule has 1 aromatic heterocycles. The zero-order chi connectivity index (χ0) is 14.8. The maximum absolute atomic E-state index is 12.1. The van der Waals surface area contributed by atoms with Crippen LogP contribution in [0.15, 0.2) is 28.5 Å². The Hall–Kier alpha value is -0.660. The summed E-state index contributed by atoms with van der Waals surface area (Å²) in [7, 11) is -3.56. The van der Waals surface area contributed by atoms with Crippen LogP contribution in [0.5, 0.6) is 0 Å². The molecule has 0 radical (unpaired) electrons. The van der Waals surface area contributed by atoms with Crippen LogP contribution in [-0.2, 0) is 16.4 Å². The van der Waals surface area contributed by atoms with Crippen LogP contribution in [0.25, 0.3) is 0 Å². The van der Waals surface area contributed by atoms with E-state index < -0.39 is 10.0 Å². The first-order valence-electron chi connectivity index (χ1n) is 5.75. The largest absolute Gasteiger partial charge is 0.251 e. The van der Waals surface area contributed by atoms with Crippen molar-refractivity contribution < 1.29 is 8.42 Å². The maximum atomic E-state index is 12.1. The molecule has 8 heteroatoms. The van der Waals surface area contributed by atoms with E-state index in [1.807, 2.05) is 18.2 Å². The van der Waals surface area contributed by atoms with Crippen molar-refractivity contribution in [3.05, 3.63) is 45.0 Å². The van der Waals surface area contributed by atoms with Crippen LogP contribution in [0.1, 0.15) is 11.3 Å². The summed E-state index contributed by atoms with van der Waals surface area (Å²) >= 11 is 12.5. The Balaban J connectivity index is 2.01. The molecule has 0 bridgehead atoms. The highest BCUT2D eigenvalue weighted by molar-refractivity contribution is 7.91. The molecule has 4 nitrogen and oxygen atoms in total. The third-order valence-corrected chi connectivity index (χ3v) is 6.13. The lowest BCUT2D eigenvalue weighted by atomic mass is 10.2. The lowest BCUT2D eigenvalue weighted by Crippen LogP contribution is -2.25. The Labute approximate surface area is 131 Å². The fourth-order valence-electron chi connectivity index (χ4n) is 1.69. The Morgan fingerprint density at radius 3 is 2.70 bits per heavy atom. The molecule has 1 heterocycles. The van der Waals surface area contributed by atoms with Gasteiger partial charge in [0.15, 0.2) is 8.68 Å². The number of hydrogen-bond acceptors (Lipinski definition) is 4. The van der Waals surface area contributed by atoms with E-state index in [-0.39, 0.29) is 15.2 Å². The molecule has 0 fully saturated rings. The zero-order valence-corrected chi connectivity index (χ0v) is 13.7. The van der Waals surface area contributed by atoms with Gasteiger partial charge in [-0.15, -0.1) is 0 Å². The summed E-state index contributed by atoms with van der Waals surface area (Å²) < 4.78 is 27.1. The number of sulfonamides is 1. The van der Waals surface area contributed by atoms with Crippen LogP contribution in [0.4, 0.5) is 0 Å². The van der Waals surface area contributed by atoms with Crippen LogP contribution in [0, 0.1) is 6.92 Å². The first kappa shape index (κ1) is 15.7. The number of halogens is 2. The van der Waals surface area contributed by atoms with Crippen molar-refractivity contribution in [2.24, 2.45) is 0 Å². The van der Waals surface area contributed by atoms with Gasteiger partial charge in [0.05, 0.1) is 5.69 Å². The zero-order valence-electron chi connectivity index (χ0n) is 10.6. The molecule has 0 saturated carbocycles. The molecule has 0 aliphatic heterocycles. The second kappa shape index (κ2) is 6.41. The predicted molar refractivity (Wildman–Crippen MR) is 82.2 cm³/mol. The van der Waals surface area contributed by atoms with Gasteiger partial charge in [0.2, 0.25) is 0 Å². The number of nitrogens with zero attached hydrogens (tertiary/aromatic N) is 1. The highest BCUT2D eigenvalue weighted by atomic mass is 35.5. The number of nitrogens with one attached hydrogen (secondary N) is 1. The van der Waals surface area contributed by atoms with E-state index in [0.29, 0.717) is 17.1 Å². The van der Waals surface area contributed by atoms with Crippen molar-refractivity contribution in [3.63, 3.8) is 0 Å². The van der Waals surface area contributed by atoms with Crippen LogP contribution in [0.3, 0.4) is 0 Å². The monoisotopic (exact) mass is 350 g/mol. The third-order valence-electron chi connectivity index (χ3n) is 2.57. The summed E-state index contributed by atoms with van der Waals surface area (Å²) in [4.78, 5) is 3.90. The summed E-state index contributed by atoms with van der Waals surface area (Å²) in [6.45, 7) is 1.91. The number of aryl methyl sites for hydroxylation is 1. The van der Waals surface area contributed by atoms with Crippen molar-refractivity contribution in [2.45, 2.75) is 17.6 Å². The fraction of sp³-hybridized carbons (Fsp3) is 0.250. The summed E-state index contributed by atoms with van der Waals surface area (Å²) in [6.07, 6.45) is 0.561. The highest BCUT2D eigenvalue weighted by Gasteiger charge is 2.20. The number of rotatable bonds is 5. The molecular weight excluding hydrogens is 339 g/mol. The van der Waals surface area contributed by atoms with Crippen molar-refractivity contribution in [3.8, 4) is 0 Å².